The molecule has 0 aliphatic carbocycles. The zero-order valence-corrected chi connectivity index (χ0v) is 63.2. The van der Waals surface area contributed by atoms with Gasteiger partial charge < -0.3 is 107 Å². The van der Waals surface area contributed by atoms with E-state index in [4.69, 9.17) is 84.7 Å². The Labute approximate surface area is 631 Å². The monoisotopic (exact) mass is 1570 g/mol. The van der Waals surface area contributed by atoms with Crippen LogP contribution >= 0.6 is 7.82 Å². The van der Waals surface area contributed by atoms with Gasteiger partial charge in [-0.15, -0.1) is 0 Å². The number of fused-ring (bicyclic) bond motifs is 8. The first kappa shape index (κ1) is 83.4. The zero-order chi connectivity index (χ0) is 78.7. The Balaban J connectivity index is 0.000000612. The molecular formula is C68H95CoN21O17P-3. The fraction of sp³-hybridized carbons (Fsp3) is 0.603. The van der Waals surface area contributed by atoms with E-state index in [0.717, 1.165) is 0 Å². The van der Waals surface area contributed by atoms with Crippen molar-refractivity contribution >= 4 is 100 Å². The number of nitrogens with zero attached hydrogens (tertiary/aromatic N) is 12. The molecule has 40 heteroatoms. The van der Waals surface area contributed by atoms with Crippen molar-refractivity contribution in [3.05, 3.63) is 71.9 Å². The second-order valence-corrected chi connectivity index (χ2v) is 31.4. The van der Waals surface area contributed by atoms with Crippen molar-refractivity contribution in [3.63, 3.8) is 0 Å². The van der Waals surface area contributed by atoms with Crippen LogP contribution in [0.3, 0.4) is 0 Å². The normalized spacial score (nSPS) is 33.8. The van der Waals surface area contributed by atoms with Crippen LogP contribution in [0.4, 0.5) is 11.6 Å². The SMILES string of the molecule is C/C1=C2/[N-][C@H]([C@H](CC(N)=O)[C@@]2(C)CCC(=O)NC[C@@H](C)OP(=O)([O-])O[C@H]2[C@@H](O)[C@@H](n3cnc4ncnc(N)c43)O[C@@H]2CO)[C@]2(C)N=C(/C(C)=C3N=C(/C=C4N=C1[C@@H](CCC(N)=O)C\4(C)C)[C@@H](CCC(N)=O)[C@]\3(C)CC(N)=O)[C@@H](CCC(N)=O)[C@]2(C)CC(N)=O.[CH2-][C@H]1O[C@@H](n2cnc3c(N)ncnc32)[C@H](O)[C@@H]1O.[Co]. The zero-order valence-electron chi connectivity index (χ0n) is 61.2. The topological polar surface area (TPSA) is 636 Å². The number of primary amides is 6. The van der Waals surface area contributed by atoms with E-state index in [0.29, 0.717) is 56.5 Å². The largest absolute Gasteiger partial charge is 0.756 e. The van der Waals surface area contributed by atoms with Crippen molar-refractivity contribution in [3.8, 4) is 0 Å². The van der Waals surface area contributed by atoms with E-state index in [1.54, 1.807) is 20.8 Å². The van der Waals surface area contributed by atoms with Crippen LogP contribution in [0.25, 0.3) is 27.6 Å². The summed E-state index contributed by atoms with van der Waals surface area (Å²) in [6, 6.07) is -1.07. The van der Waals surface area contributed by atoms with E-state index >= 15 is 0 Å². The first-order valence-corrected chi connectivity index (χ1v) is 36.4. The molecule has 4 aromatic heterocycles. The fourth-order valence-electron chi connectivity index (χ4n) is 16.9. The van der Waals surface area contributed by atoms with Crippen LogP contribution in [-0.2, 0) is 73.4 Å². The number of aliphatic hydroxyl groups is 4. The van der Waals surface area contributed by atoms with Gasteiger partial charge in [0.25, 0.3) is 7.82 Å². The molecule has 38 nitrogen and oxygen atoms in total. The van der Waals surface area contributed by atoms with Gasteiger partial charge in [0, 0.05) is 125 Å². The molecule has 11 rings (SSSR count). The molecule has 3 saturated heterocycles. The third kappa shape index (κ3) is 15.8. The number of aliphatic hydroxyl groups excluding tert-OH is 4. The molecule has 7 aliphatic heterocycles. The molecule has 0 saturated carbocycles. The van der Waals surface area contributed by atoms with E-state index in [9.17, 15) is 63.4 Å². The van der Waals surface area contributed by atoms with Crippen molar-refractivity contribution in [2.75, 3.05) is 24.6 Å². The summed E-state index contributed by atoms with van der Waals surface area (Å²) in [6.07, 6.45) is -5.26. The number of hydrogen-bond acceptors (Lipinski definition) is 28. The average Bonchev–Trinajstić information content (AvgIpc) is 1.52. The second-order valence-electron chi connectivity index (χ2n) is 30.1. The third-order valence-electron chi connectivity index (χ3n) is 22.7. The van der Waals surface area contributed by atoms with Gasteiger partial charge in [-0.3, -0.25) is 62.2 Å². The van der Waals surface area contributed by atoms with Gasteiger partial charge in [-0.25, -0.2) is 29.9 Å². The molecule has 7 amide bonds. The molecule has 1 unspecified atom stereocenters. The summed E-state index contributed by atoms with van der Waals surface area (Å²) in [7, 11) is -5.36. The minimum absolute atomic E-state index is 0. The van der Waals surface area contributed by atoms with E-state index in [2.05, 4.69) is 42.1 Å². The summed E-state index contributed by atoms with van der Waals surface area (Å²) in [6.45, 7) is 18.5. The Morgan fingerprint density at radius 3 is 1.93 bits per heavy atom. The van der Waals surface area contributed by atoms with Gasteiger partial charge >= 0.3 is 0 Å². The summed E-state index contributed by atoms with van der Waals surface area (Å²) >= 11 is 0. The van der Waals surface area contributed by atoms with Gasteiger partial charge in [-0.1, -0.05) is 40.7 Å². The number of nitrogen functional groups attached to an aromatic ring is 2. The van der Waals surface area contributed by atoms with E-state index in [-0.39, 0.29) is 117 Å². The third-order valence-corrected chi connectivity index (χ3v) is 23.8. The number of anilines is 2. The number of carbonyl (C=O) groups is 7. The van der Waals surface area contributed by atoms with Crippen LogP contribution < -0.4 is 56.1 Å². The molecule has 7 aliphatic rings. The molecule has 3 fully saturated rings. The summed E-state index contributed by atoms with van der Waals surface area (Å²) in [5, 5.41) is 49.4. The van der Waals surface area contributed by atoms with Crippen LogP contribution in [0.1, 0.15) is 145 Å². The van der Waals surface area contributed by atoms with Crippen LogP contribution in [0, 0.1) is 52.3 Å². The van der Waals surface area contributed by atoms with Crippen LogP contribution in [0.5, 0.6) is 0 Å². The quantitative estimate of drug-likeness (QED) is 0.0274. The molecule has 1 radical (unpaired) electrons. The first-order chi connectivity index (χ1) is 50.0. The predicted octanol–water partition coefficient (Wildman–Crippen LogP) is -0.0700. The first-order valence-electron chi connectivity index (χ1n) is 35.0. The number of imidazole rings is 2. The van der Waals surface area contributed by atoms with Crippen molar-refractivity contribution in [1.29, 1.82) is 0 Å². The Morgan fingerprint density at radius 1 is 0.722 bits per heavy atom. The number of nitrogens with one attached hydrogen (secondary N) is 1. The number of phosphoric ester groups is 1. The molecule has 8 bridgehead atoms. The summed E-state index contributed by atoms with van der Waals surface area (Å²) in [5.41, 5.74) is 46.3. The molecular weight excluding hydrogens is 1470 g/mol. The maximum atomic E-state index is 14.3. The van der Waals surface area contributed by atoms with Crippen LogP contribution in [0.15, 0.2) is 74.6 Å². The predicted molar refractivity (Wildman–Crippen MR) is 383 cm³/mol. The number of hydrogen-bond donors (Lipinski definition) is 13. The molecule has 4 aromatic rings. The van der Waals surface area contributed by atoms with Gasteiger partial charge in [0.05, 0.1) is 36.4 Å². The molecule has 11 heterocycles. The maximum Gasteiger partial charge on any atom is 0.268 e. The van der Waals surface area contributed by atoms with Crippen LogP contribution in [0.2, 0.25) is 0 Å². The molecule has 0 spiro atoms. The number of ether oxygens (including phenoxy) is 2. The summed E-state index contributed by atoms with van der Waals surface area (Å²) in [5.74, 6) is -7.26. The van der Waals surface area contributed by atoms with Gasteiger partial charge in [0.1, 0.15) is 54.4 Å². The minimum Gasteiger partial charge on any atom is -0.756 e. The standard InChI is InChI=1S/C58H85N16O14P.C10H12N5O3.Co/c1-26(87-89(84,85)88-47-34(23-75)86-53(46(47)83)74-25-69-52-45(74)51(65)67-24-68-52)22-66-42(82)16-17-55(6)32(18-39(62)79)50-58(9)57(8,21-41(64)81)31(12-15-38(61)78)44(73-58)28(3)49-56(7,20-40(63)80)29(10-13-36(59)76)33(70-49)19-35-54(4,5)30(11-14-37(60)77)43(71-35)27(2)48(55)72-50;1-4-6(16)7(17)10(18-4)15-3-14-5-8(11)12-2-13-9(5)15;/h19,24-26,29-32,34,46-47,50,53,75,83H,10-18,20-23H2,1-9H3,(H17,59,60,61,62,63,64,65,66,67,68,70,71,72,73,76,77,78,79,80,81,82,84,85);2-4,6-7,10,16-17H,1H2,(H2,11,12,13);/q;-1;/p-2/t26-,29-,30-,31-,32+,34-,46-,47-,50-,53+,55-,56+,57+,58+;4-,6-,7-,10-;/m11./s1. The van der Waals surface area contributed by atoms with Crippen molar-refractivity contribution in [2.24, 2.45) is 94.7 Å². The van der Waals surface area contributed by atoms with Crippen LogP contribution in [-0.4, -0.2) is 185 Å². The van der Waals surface area contributed by atoms with Gasteiger partial charge in [-0.05, 0) is 88.0 Å². The number of allylic oxidation sites excluding steroid dienone is 6. The number of rotatable bonds is 27. The summed E-state index contributed by atoms with van der Waals surface area (Å²) in [4.78, 5) is 147. The molecule has 591 valence electrons. The number of carbonyl (C=O) groups excluding carboxylic acids is 7. The Hall–Kier alpha value is -8.60. The maximum absolute atomic E-state index is 14.3. The summed E-state index contributed by atoms with van der Waals surface area (Å²) < 4.78 is 38.2. The molecule has 21 N–H and O–H groups in total. The number of aliphatic imine (C=N–C) groups is 3. The Bertz CT molecular complexity index is 4470. The number of aromatic nitrogens is 8. The molecule has 19 atom stereocenters. The Morgan fingerprint density at radius 2 is 1.32 bits per heavy atom. The van der Waals surface area contributed by atoms with Crippen molar-refractivity contribution in [1.82, 2.24) is 44.4 Å². The van der Waals surface area contributed by atoms with E-state index in [1.165, 1.54) is 41.4 Å². The van der Waals surface area contributed by atoms with E-state index < -0.39 is 168 Å². The second kappa shape index (κ2) is 31.8. The van der Waals surface area contributed by atoms with Gasteiger partial charge in [-0.2, -0.15) is 5.70 Å². The average molecular weight is 1570 g/mol. The van der Waals surface area contributed by atoms with Gasteiger partial charge in [0.15, 0.2) is 35.4 Å². The minimum atomic E-state index is -5.36. The van der Waals surface area contributed by atoms with Crippen molar-refractivity contribution < 1.29 is 98.7 Å². The van der Waals surface area contributed by atoms with Gasteiger partial charge in [0.2, 0.25) is 41.4 Å². The van der Waals surface area contributed by atoms with Crippen molar-refractivity contribution in [2.45, 2.75) is 200 Å². The number of nitrogens with two attached hydrogens (primary N) is 8. The number of amides is 7. The molecule has 108 heavy (non-hydrogen) atoms. The number of phosphoric acid groups is 1. The van der Waals surface area contributed by atoms with E-state index in [1.807, 2.05) is 40.7 Å². The smallest absolute Gasteiger partial charge is 0.268 e. The molecule has 0 aromatic carbocycles. The fourth-order valence-corrected chi connectivity index (χ4v) is 18.1. The Kier molecular flexibility index (Phi) is 24.5.